The first-order valence-electron chi connectivity index (χ1n) is 6.22. The fourth-order valence-electron chi connectivity index (χ4n) is 2.88. The lowest BCUT2D eigenvalue weighted by Crippen LogP contribution is -2.32. The van der Waals surface area contributed by atoms with Crippen molar-refractivity contribution >= 4 is 5.69 Å². The van der Waals surface area contributed by atoms with Crippen molar-refractivity contribution in [3.63, 3.8) is 0 Å². The standard InChI is InChI=1S/C14H20FN/c1-4-14(5-2)10-16(6-3)13-8-7-11(15)9-12(13)14/h7-9H,4-6,10H2,1-3H3. The molecule has 0 bridgehead atoms. The number of fused-ring (bicyclic) bond motifs is 1. The Kier molecular flexibility index (Phi) is 2.92. The van der Waals surface area contributed by atoms with Gasteiger partial charge >= 0.3 is 0 Å². The van der Waals surface area contributed by atoms with E-state index in [4.69, 9.17) is 0 Å². The van der Waals surface area contributed by atoms with Crippen LogP contribution in [-0.2, 0) is 5.41 Å². The van der Waals surface area contributed by atoms with E-state index < -0.39 is 0 Å². The van der Waals surface area contributed by atoms with Crippen molar-refractivity contribution in [2.45, 2.75) is 39.0 Å². The van der Waals surface area contributed by atoms with E-state index in [0.717, 1.165) is 25.9 Å². The number of likely N-dealkylation sites (N-methyl/N-ethyl adjacent to an activating group) is 1. The van der Waals surface area contributed by atoms with Gasteiger partial charge in [0.05, 0.1) is 0 Å². The summed E-state index contributed by atoms with van der Waals surface area (Å²) in [6.45, 7) is 8.61. The molecule has 0 saturated heterocycles. The molecule has 0 N–H and O–H groups in total. The van der Waals surface area contributed by atoms with Gasteiger partial charge < -0.3 is 4.90 Å². The SMILES string of the molecule is CCN1CC(CC)(CC)c2cc(F)ccc21. The molecule has 1 aliphatic rings. The van der Waals surface area contributed by atoms with Gasteiger partial charge in [0.2, 0.25) is 0 Å². The highest BCUT2D eigenvalue weighted by atomic mass is 19.1. The molecule has 0 saturated carbocycles. The van der Waals surface area contributed by atoms with Gasteiger partial charge in [0.15, 0.2) is 0 Å². The molecule has 0 atom stereocenters. The minimum absolute atomic E-state index is 0.108. The van der Waals surface area contributed by atoms with Crippen LogP contribution in [0, 0.1) is 5.82 Å². The van der Waals surface area contributed by atoms with Gasteiger partial charge in [-0.2, -0.15) is 0 Å². The molecular formula is C14H20FN. The number of hydrogen-bond acceptors (Lipinski definition) is 1. The first-order valence-corrected chi connectivity index (χ1v) is 6.22. The molecule has 0 aromatic heterocycles. The molecule has 2 rings (SSSR count). The van der Waals surface area contributed by atoms with Crippen LogP contribution in [0.25, 0.3) is 0 Å². The van der Waals surface area contributed by atoms with Crippen LogP contribution in [0.5, 0.6) is 0 Å². The Morgan fingerprint density at radius 3 is 2.50 bits per heavy atom. The van der Waals surface area contributed by atoms with Crippen LogP contribution in [0.3, 0.4) is 0 Å². The van der Waals surface area contributed by atoms with Gasteiger partial charge in [-0.25, -0.2) is 4.39 Å². The topological polar surface area (TPSA) is 3.24 Å². The highest BCUT2D eigenvalue weighted by molar-refractivity contribution is 5.62. The predicted molar refractivity (Wildman–Crippen MR) is 66.5 cm³/mol. The molecule has 0 radical (unpaired) electrons. The van der Waals surface area contributed by atoms with E-state index in [1.165, 1.54) is 11.3 Å². The van der Waals surface area contributed by atoms with Gasteiger partial charge in [0.1, 0.15) is 5.82 Å². The average Bonchev–Trinajstić information content (AvgIpc) is 2.63. The first-order chi connectivity index (χ1) is 7.66. The lowest BCUT2D eigenvalue weighted by Gasteiger charge is -2.27. The fourth-order valence-corrected chi connectivity index (χ4v) is 2.88. The molecule has 0 aliphatic carbocycles. The van der Waals surface area contributed by atoms with E-state index in [1.54, 1.807) is 12.1 Å². The van der Waals surface area contributed by atoms with Gasteiger partial charge in [-0.1, -0.05) is 13.8 Å². The molecule has 2 heteroatoms. The lowest BCUT2D eigenvalue weighted by molar-refractivity contribution is 0.419. The van der Waals surface area contributed by atoms with Gasteiger partial charge in [-0.3, -0.25) is 0 Å². The van der Waals surface area contributed by atoms with Gasteiger partial charge in [-0.05, 0) is 43.5 Å². The van der Waals surface area contributed by atoms with Gasteiger partial charge in [0, 0.05) is 24.2 Å². The summed E-state index contributed by atoms with van der Waals surface area (Å²) in [6.07, 6.45) is 2.16. The zero-order valence-electron chi connectivity index (χ0n) is 10.4. The third kappa shape index (κ3) is 1.51. The van der Waals surface area contributed by atoms with Crippen molar-refractivity contribution in [2.24, 2.45) is 0 Å². The Labute approximate surface area is 97.3 Å². The van der Waals surface area contributed by atoms with Crippen molar-refractivity contribution in [1.29, 1.82) is 0 Å². The molecule has 0 amide bonds. The Morgan fingerprint density at radius 1 is 1.25 bits per heavy atom. The molecule has 0 spiro atoms. The van der Waals surface area contributed by atoms with E-state index in [2.05, 4.69) is 25.7 Å². The minimum atomic E-state index is -0.108. The van der Waals surface area contributed by atoms with Crippen molar-refractivity contribution in [1.82, 2.24) is 0 Å². The van der Waals surface area contributed by atoms with Crippen molar-refractivity contribution in [3.8, 4) is 0 Å². The molecule has 1 aromatic rings. The maximum absolute atomic E-state index is 13.4. The monoisotopic (exact) mass is 221 g/mol. The summed E-state index contributed by atoms with van der Waals surface area (Å²) in [4.78, 5) is 2.36. The first kappa shape index (κ1) is 11.4. The van der Waals surface area contributed by atoms with Crippen LogP contribution in [-0.4, -0.2) is 13.1 Å². The quantitative estimate of drug-likeness (QED) is 0.752. The lowest BCUT2D eigenvalue weighted by atomic mass is 9.77. The normalized spacial score (nSPS) is 17.6. The van der Waals surface area contributed by atoms with Crippen molar-refractivity contribution in [3.05, 3.63) is 29.6 Å². The van der Waals surface area contributed by atoms with E-state index in [0.29, 0.717) is 0 Å². The van der Waals surface area contributed by atoms with Crippen molar-refractivity contribution < 1.29 is 4.39 Å². The van der Waals surface area contributed by atoms with Gasteiger partial charge in [0.25, 0.3) is 0 Å². The number of anilines is 1. The molecule has 0 fully saturated rings. The molecule has 1 aliphatic heterocycles. The Bertz CT molecular complexity index is 382. The summed E-state index contributed by atoms with van der Waals surface area (Å²) in [6, 6.07) is 5.24. The zero-order chi connectivity index (χ0) is 11.8. The summed E-state index contributed by atoms with van der Waals surface area (Å²) in [5, 5.41) is 0. The van der Waals surface area contributed by atoms with Crippen LogP contribution in [0.4, 0.5) is 10.1 Å². The Hall–Kier alpha value is -1.05. The Balaban J connectivity index is 2.54. The number of benzene rings is 1. The molecular weight excluding hydrogens is 201 g/mol. The molecule has 88 valence electrons. The third-order valence-corrected chi connectivity index (χ3v) is 4.10. The van der Waals surface area contributed by atoms with E-state index >= 15 is 0 Å². The highest BCUT2D eigenvalue weighted by Crippen LogP contribution is 2.45. The van der Waals surface area contributed by atoms with Crippen LogP contribution in [0.2, 0.25) is 0 Å². The van der Waals surface area contributed by atoms with Gasteiger partial charge in [-0.15, -0.1) is 0 Å². The summed E-state index contributed by atoms with van der Waals surface area (Å²) < 4.78 is 13.4. The number of hydrogen-bond donors (Lipinski definition) is 0. The third-order valence-electron chi connectivity index (χ3n) is 4.10. The van der Waals surface area contributed by atoms with Crippen molar-refractivity contribution in [2.75, 3.05) is 18.0 Å². The summed E-state index contributed by atoms with van der Waals surface area (Å²) in [5.74, 6) is -0.108. The average molecular weight is 221 g/mol. The van der Waals surface area contributed by atoms with Crippen LogP contribution >= 0.6 is 0 Å². The van der Waals surface area contributed by atoms with Crippen LogP contribution < -0.4 is 4.90 Å². The minimum Gasteiger partial charge on any atom is -0.371 e. The molecule has 16 heavy (non-hydrogen) atoms. The molecule has 0 unspecified atom stereocenters. The zero-order valence-corrected chi connectivity index (χ0v) is 10.4. The second-order valence-corrected chi connectivity index (χ2v) is 4.66. The molecule has 1 heterocycles. The summed E-state index contributed by atoms with van der Waals surface area (Å²) in [7, 11) is 0. The van der Waals surface area contributed by atoms with Crippen LogP contribution in [0.1, 0.15) is 39.2 Å². The maximum atomic E-state index is 13.4. The van der Waals surface area contributed by atoms with Crippen LogP contribution in [0.15, 0.2) is 18.2 Å². The fraction of sp³-hybridized carbons (Fsp3) is 0.571. The smallest absolute Gasteiger partial charge is 0.123 e. The molecule has 1 nitrogen and oxygen atoms in total. The van der Waals surface area contributed by atoms with E-state index in [1.807, 2.05) is 6.07 Å². The largest absolute Gasteiger partial charge is 0.371 e. The summed E-state index contributed by atoms with van der Waals surface area (Å²) >= 11 is 0. The second-order valence-electron chi connectivity index (χ2n) is 4.66. The number of halogens is 1. The maximum Gasteiger partial charge on any atom is 0.123 e. The van der Waals surface area contributed by atoms with E-state index in [9.17, 15) is 4.39 Å². The second kappa shape index (κ2) is 4.08. The number of rotatable bonds is 3. The Morgan fingerprint density at radius 2 is 1.94 bits per heavy atom. The predicted octanol–water partition coefficient (Wildman–Crippen LogP) is 3.72. The highest BCUT2D eigenvalue weighted by Gasteiger charge is 2.39. The van der Waals surface area contributed by atoms with E-state index in [-0.39, 0.29) is 11.2 Å². The summed E-state index contributed by atoms with van der Waals surface area (Å²) in [5.41, 5.74) is 2.60. The number of nitrogens with zero attached hydrogens (tertiary/aromatic N) is 1. The molecule has 1 aromatic carbocycles.